The summed E-state index contributed by atoms with van der Waals surface area (Å²) in [5.41, 5.74) is -1.04. The lowest BCUT2D eigenvalue weighted by atomic mass is 9.68. The Labute approximate surface area is 167 Å². The van der Waals surface area contributed by atoms with Crippen molar-refractivity contribution in [2.75, 3.05) is 6.54 Å². The van der Waals surface area contributed by atoms with Crippen molar-refractivity contribution in [3.63, 3.8) is 0 Å². The topological polar surface area (TPSA) is 76.1 Å². The van der Waals surface area contributed by atoms with E-state index in [2.05, 4.69) is 4.90 Å². The molecular weight excluding hydrogens is 358 g/mol. The summed E-state index contributed by atoms with van der Waals surface area (Å²) in [6.07, 6.45) is -2.01. The maximum Gasteiger partial charge on any atom is 0.516 e. The molecule has 2 unspecified atom stereocenters. The van der Waals surface area contributed by atoms with Gasteiger partial charge in [-0.25, -0.2) is 4.79 Å². The molecule has 1 aromatic carbocycles. The van der Waals surface area contributed by atoms with Crippen molar-refractivity contribution in [3.8, 4) is 0 Å². The minimum atomic E-state index is -1.25. The van der Waals surface area contributed by atoms with Crippen LogP contribution in [0, 0.1) is 10.8 Å². The van der Waals surface area contributed by atoms with Crippen LogP contribution in [-0.4, -0.2) is 46.4 Å². The summed E-state index contributed by atoms with van der Waals surface area (Å²) >= 11 is 0. The van der Waals surface area contributed by atoms with Gasteiger partial charge in [0.2, 0.25) is 0 Å². The van der Waals surface area contributed by atoms with E-state index in [4.69, 9.17) is 9.47 Å². The highest BCUT2D eigenvalue weighted by molar-refractivity contribution is 5.87. The van der Waals surface area contributed by atoms with E-state index in [0.29, 0.717) is 6.54 Å². The Morgan fingerprint density at radius 1 is 1.14 bits per heavy atom. The highest BCUT2D eigenvalue weighted by Gasteiger charge is 2.62. The second kappa shape index (κ2) is 7.84. The van der Waals surface area contributed by atoms with Crippen molar-refractivity contribution in [2.24, 2.45) is 10.8 Å². The minimum Gasteiger partial charge on any atom is -0.429 e. The van der Waals surface area contributed by atoms with Gasteiger partial charge in [-0.3, -0.25) is 9.69 Å². The van der Waals surface area contributed by atoms with Crippen molar-refractivity contribution in [3.05, 3.63) is 35.9 Å². The Morgan fingerprint density at radius 3 is 2.21 bits per heavy atom. The van der Waals surface area contributed by atoms with E-state index in [0.717, 1.165) is 5.56 Å². The van der Waals surface area contributed by atoms with Crippen molar-refractivity contribution >= 4 is 12.1 Å². The van der Waals surface area contributed by atoms with Crippen molar-refractivity contribution in [1.82, 2.24) is 4.90 Å². The van der Waals surface area contributed by atoms with Gasteiger partial charge in [0.05, 0.1) is 6.10 Å². The third-order valence-corrected chi connectivity index (χ3v) is 5.44. The number of ether oxygens (including phenoxy) is 2. The molecule has 0 radical (unpaired) electrons. The molecule has 0 bridgehead atoms. The number of carbonyl (C=O) groups is 2. The molecule has 0 aromatic heterocycles. The fourth-order valence-electron chi connectivity index (χ4n) is 4.19. The molecule has 3 atom stereocenters. The van der Waals surface area contributed by atoms with E-state index in [1.807, 2.05) is 71.9 Å². The van der Waals surface area contributed by atoms with Crippen LogP contribution in [0.5, 0.6) is 0 Å². The number of esters is 1. The second-order valence-electron chi connectivity index (χ2n) is 9.80. The van der Waals surface area contributed by atoms with Crippen LogP contribution in [0.1, 0.15) is 54.0 Å². The number of benzene rings is 1. The van der Waals surface area contributed by atoms with Gasteiger partial charge >= 0.3 is 12.1 Å². The molecule has 28 heavy (non-hydrogen) atoms. The van der Waals surface area contributed by atoms with Gasteiger partial charge < -0.3 is 14.6 Å². The SMILES string of the molecule is CC(C)(C)C1N(C(C)(C)C)CC(O)[C@@]1(C)C(=O)OC(=O)OCc1ccccc1. The third-order valence-electron chi connectivity index (χ3n) is 5.44. The maximum absolute atomic E-state index is 13.0. The Bertz CT molecular complexity index is 704. The molecule has 1 saturated heterocycles. The molecular formula is C22H33NO5. The molecule has 1 aromatic rings. The predicted octanol–water partition coefficient (Wildman–Crippen LogP) is 3.76. The fraction of sp³-hybridized carbons (Fsp3) is 0.636. The van der Waals surface area contributed by atoms with Crippen LogP contribution in [-0.2, 0) is 20.9 Å². The first-order valence-corrected chi connectivity index (χ1v) is 9.65. The summed E-state index contributed by atoms with van der Waals surface area (Å²) in [5.74, 6) is -0.760. The molecule has 1 aliphatic heterocycles. The average molecular weight is 392 g/mol. The zero-order chi connectivity index (χ0) is 21.3. The lowest BCUT2D eigenvalue weighted by Gasteiger charge is -2.47. The van der Waals surface area contributed by atoms with Gasteiger partial charge in [-0.2, -0.15) is 0 Å². The summed E-state index contributed by atoms with van der Waals surface area (Å²) in [7, 11) is 0. The lowest BCUT2D eigenvalue weighted by Crippen LogP contribution is -2.57. The number of hydrogen-bond acceptors (Lipinski definition) is 6. The number of hydrogen-bond donors (Lipinski definition) is 1. The van der Waals surface area contributed by atoms with E-state index in [9.17, 15) is 14.7 Å². The Balaban J connectivity index is 2.17. The van der Waals surface area contributed by atoms with E-state index in [-0.39, 0.29) is 23.6 Å². The van der Waals surface area contributed by atoms with Crippen molar-refractivity contribution in [1.29, 1.82) is 0 Å². The molecule has 156 valence electrons. The molecule has 0 spiro atoms. The summed E-state index contributed by atoms with van der Waals surface area (Å²) in [5, 5.41) is 10.8. The highest BCUT2D eigenvalue weighted by Crippen LogP contribution is 2.48. The van der Waals surface area contributed by atoms with Crippen LogP contribution in [0.15, 0.2) is 30.3 Å². The van der Waals surface area contributed by atoms with Gasteiger partial charge in [0.15, 0.2) is 0 Å². The zero-order valence-electron chi connectivity index (χ0n) is 18.0. The quantitative estimate of drug-likeness (QED) is 0.624. The maximum atomic E-state index is 13.0. The molecule has 6 nitrogen and oxygen atoms in total. The first-order valence-electron chi connectivity index (χ1n) is 9.65. The molecule has 1 N–H and O–H groups in total. The number of β-amino-alcohol motifs (C(OH)–C–C–N with tert-alkyl or cyclic N) is 1. The summed E-state index contributed by atoms with van der Waals surface area (Å²) in [6, 6.07) is 8.84. The Kier molecular flexibility index (Phi) is 6.26. The lowest BCUT2D eigenvalue weighted by molar-refractivity contribution is -0.160. The third kappa shape index (κ3) is 4.55. The minimum absolute atomic E-state index is 0.0169. The summed E-state index contributed by atoms with van der Waals surface area (Å²) < 4.78 is 10.1. The van der Waals surface area contributed by atoms with Gasteiger partial charge in [-0.05, 0) is 38.7 Å². The zero-order valence-corrected chi connectivity index (χ0v) is 18.0. The largest absolute Gasteiger partial charge is 0.516 e. The molecule has 6 heteroatoms. The van der Waals surface area contributed by atoms with Crippen LogP contribution >= 0.6 is 0 Å². The standard InChI is InChI=1S/C22H33NO5/c1-20(2,3)17-22(7,16(24)13-23(17)21(4,5)6)18(25)28-19(26)27-14-15-11-9-8-10-12-15/h8-12,16-17,24H,13-14H2,1-7H3/t16?,17?,22-/m1/s1. The Hall–Kier alpha value is -1.92. The molecule has 0 saturated carbocycles. The normalized spacial score (nSPS) is 26.1. The number of aliphatic hydroxyl groups excluding tert-OH is 1. The van der Waals surface area contributed by atoms with Gasteiger partial charge in [0, 0.05) is 18.1 Å². The monoisotopic (exact) mass is 391 g/mol. The first kappa shape index (κ1) is 22.4. The smallest absolute Gasteiger partial charge is 0.429 e. The van der Waals surface area contributed by atoms with Gasteiger partial charge in [-0.1, -0.05) is 51.1 Å². The first-order chi connectivity index (χ1) is 12.8. The van der Waals surface area contributed by atoms with Gasteiger partial charge in [-0.15, -0.1) is 0 Å². The van der Waals surface area contributed by atoms with Crippen molar-refractivity contribution < 1.29 is 24.2 Å². The van der Waals surface area contributed by atoms with Crippen LogP contribution in [0.4, 0.5) is 4.79 Å². The number of rotatable bonds is 3. The van der Waals surface area contributed by atoms with Crippen LogP contribution < -0.4 is 0 Å². The number of likely N-dealkylation sites (tertiary alicyclic amines) is 1. The molecule has 1 aliphatic rings. The van der Waals surface area contributed by atoms with E-state index in [1.165, 1.54) is 0 Å². The number of carbonyl (C=O) groups excluding carboxylic acids is 2. The predicted molar refractivity (Wildman–Crippen MR) is 107 cm³/mol. The molecule has 1 heterocycles. The molecule has 2 rings (SSSR count). The molecule has 0 amide bonds. The average Bonchev–Trinajstić information content (AvgIpc) is 2.87. The van der Waals surface area contributed by atoms with Crippen LogP contribution in [0.2, 0.25) is 0 Å². The molecule has 0 aliphatic carbocycles. The fourth-order valence-corrected chi connectivity index (χ4v) is 4.19. The molecule has 1 fully saturated rings. The summed E-state index contributed by atoms with van der Waals surface area (Å²) in [4.78, 5) is 27.2. The van der Waals surface area contributed by atoms with E-state index >= 15 is 0 Å². The van der Waals surface area contributed by atoms with Crippen molar-refractivity contribution in [2.45, 2.75) is 72.8 Å². The van der Waals surface area contributed by atoms with Crippen LogP contribution in [0.25, 0.3) is 0 Å². The van der Waals surface area contributed by atoms with Gasteiger partial charge in [0.25, 0.3) is 0 Å². The summed E-state index contributed by atoms with van der Waals surface area (Å²) in [6.45, 7) is 14.2. The van der Waals surface area contributed by atoms with E-state index in [1.54, 1.807) is 6.92 Å². The number of aliphatic hydroxyl groups is 1. The highest BCUT2D eigenvalue weighted by atomic mass is 16.7. The second-order valence-corrected chi connectivity index (χ2v) is 9.80. The van der Waals surface area contributed by atoms with Crippen LogP contribution in [0.3, 0.4) is 0 Å². The van der Waals surface area contributed by atoms with E-state index < -0.39 is 23.6 Å². The number of nitrogens with zero attached hydrogens (tertiary/aromatic N) is 1. The Morgan fingerprint density at radius 2 is 1.71 bits per heavy atom. The van der Waals surface area contributed by atoms with Gasteiger partial charge in [0.1, 0.15) is 12.0 Å².